The van der Waals surface area contributed by atoms with E-state index in [9.17, 15) is 0 Å². The van der Waals surface area contributed by atoms with Crippen molar-refractivity contribution in [1.29, 1.82) is 0 Å². The Morgan fingerprint density at radius 3 is 2.46 bits per heavy atom. The fourth-order valence-electron chi connectivity index (χ4n) is 3.44. The van der Waals surface area contributed by atoms with Crippen molar-refractivity contribution >= 4 is 17.2 Å². The number of aromatic nitrogens is 2. The summed E-state index contributed by atoms with van der Waals surface area (Å²) >= 11 is 0. The fourth-order valence-corrected chi connectivity index (χ4v) is 3.44. The van der Waals surface area contributed by atoms with Gasteiger partial charge in [0.15, 0.2) is 11.5 Å². The van der Waals surface area contributed by atoms with Crippen LogP contribution in [0.25, 0.3) is 16.9 Å². The lowest BCUT2D eigenvalue weighted by atomic mass is 10.1. The van der Waals surface area contributed by atoms with Gasteiger partial charge in [0.25, 0.3) is 0 Å². The molecule has 0 atom stereocenters. The van der Waals surface area contributed by atoms with Crippen LogP contribution >= 0.6 is 0 Å². The number of nitrogens with zero attached hydrogens (tertiary/aromatic N) is 2. The Balaban J connectivity index is 1.63. The monoisotopic (exact) mass is 371 g/mol. The van der Waals surface area contributed by atoms with E-state index >= 15 is 0 Å². The molecule has 0 unspecified atom stereocenters. The summed E-state index contributed by atoms with van der Waals surface area (Å²) in [7, 11) is 0. The number of benzene rings is 2. The van der Waals surface area contributed by atoms with Gasteiger partial charge in [0.2, 0.25) is 0 Å². The van der Waals surface area contributed by atoms with Crippen molar-refractivity contribution in [3.05, 3.63) is 71.9 Å². The third kappa shape index (κ3) is 2.95. The van der Waals surface area contributed by atoms with E-state index in [2.05, 4.69) is 66.2 Å². The summed E-state index contributed by atoms with van der Waals surface area (Å²) < 4.78 is 13.4. The molecule has 0 saturated heterocycles. The number of hydrogen-bond donors (Lipinski definition) is 1. The highest BCUT2D eigenvalue weighted by Gasteiger charge is 2.17. The fraction of sp³-hybridized carbons (Fsp3) is 0.174. The predicted octanol–water partition coefficient (Wildman–Crippen LogP) is 5.13. The van der Waals surface area contributed by atoms with Crippen LogP contribution in [0.5, 0.6) is 11.5 Å². The van der Waals surface area contributed by atoms with E-state index in [1.54, 1.807) is 0 Å². The molecule has 1 aliphatic heterocycles. The van der Waals surface area contributed by atoms with E-state index in [0.717, 1.165) is 39.9 Å². The molecular weight excluding hydrogens is 350 g/mol. The molecule has 5 nitrogen and oxygen atoms in total. The molecular formula is C23H21N3O2. The first kappa shape index (κ1) is 16.7. The summed E-state index contributed by atoms with van der Waals surface area (Å²) in [4.78, 5) is 4.90. The molecule has 0 bridgehead atoms. The van der Waals surface area contributed by atoms with Gasteiger partial charge in [0, 0.05) is 23.5 Å². The summed E-state index contributed by atoms with van der Waals surface area (Å²) in [5.74, 6) is 2.47. The van der Waals surface area contributed by atoms with Gasteiger partial charge in [-0.05, 0) is 43.7 Å². The number of rotatable bonds is 3. The van der Waals surface area contributed by atoms with Crippen LogP contribution in [0.3, 0.4) is 0 Å². The molecule has 4 aromatic rings. The Morgan fingerprint density at radius 2 is 1.64 bits per heavy atom. The predicted molar refractivity (Wildman–Crippen MR) is 111 cm³/mol. The van der Waals surface area contributed by atoms with E-state index in [1.165, 1.54) is 11.1 Å². The van der Waals surface area contributed by atoms with Crippen LogP contribution in [0.15, 0.2) is 60.8 Å². The Bertz CT molecular complexity index is 1160. The molecule has 0 fully saturated rings. The van der Waals surface area contributed by atoms with Crippen LogP contribution in [-0.4, -0.2) is 22.6 Å². The number of pyridine rings is 1. The first-order valence-electron chi connectivity index (χ1n) is 9.40. The standard InChI is InChI=1S/C23H21N3O2/c1-15-3-5-17(6-4-15)22-23(26-10-9-16(2)13-21(26)25-22)24-18-7-8-19-20(14-18)28-12-11-27-19/h3-10,13-14,24H,11-12H2,1-2H3. The maximum absolute atomic E-state index is 5.73. The van der Waals surface area contributed by atoms with Crippen LogP contribution in [0.2, 0.25) is 0 Å². The number of aryl methyl sites for hydroxylation is 2. The largest absolute Gasteiger partial charge is 0.486 e. The van der Waals surface area contributed by atoms with Crippen molar-refractivity contribution in [1.82, 2.24) is 9.38 Å². The zero-order chi connectivity index (χ0) is 19.1. The Hall–Kier alpha value is -3.47. The zero-order valence-corrected chi connectivity index (χ0v) is 15.9. The van der Waals surface area contributed by atoms with Crippen molar-refractivity contribution in [2.24, 2.45) is 0 Å². The van der Waals surface area contributed by atoms with Gasteiger partial charge in [-0.2, -0.15) is 0 Å². The molecule has 140 valence electrons. The number of nitrogens with one attached hydrogen (secondary N) is 1. The molecule has 1 N–H and O–H groups in total. The minimum atomic E-state index is 0.569. The van der Waals surface area contributed by atoms with E-state index in [1.807, 2.05) is 18.2 Å². The third-order valence-corrected chi connectivity index (χ3v) is 4.91. The third-order valence-electron chi connectivity index (χ3n) is 4.91. The van der Waals surface area contributed by atoms with Gasteiger partial charge in [0.1, 0.15) is 30.4 Å². The average Bonchev–Trinajstić information content (AvgIpc) is 3.06. The van der Waals surface area contributed by atoms with E-state index < -0.39 is 0 Å². The van der Waals surface area contributed by atoms with Gasteiger partial charge in [-0.25, -0.2) is 4.98 Å². The van der Waals surface area contributed by atoms with E-state index in [0.29, 0.717) is 13.2 Å². The molecule has 28 heavy (non-hydrogen) atoms. The van der Waals surface area contributed by atoms with Crippen LogP contribution < -0.4 is 14.8 Å². The molecule has 2 aromatic heterocycles. The molecule has 5 rings (SSSR count). The Morgan fingerprint density at radius 1 is 0.857 bits per heavy atom. The van der Waals surface area contributed by atoms with Crippen molar-refractivity contribution < 1.29 is 9.47 Å². The Labute approximate surface area is 163 Å². The minimum Gasteiger partial charge on any atom is -0.486 e. The highest BCUT2D eigenvalue weighted by molar-refractivity contribution is 5.80. The number of anilines is 2. The molecule has 0 amide bonds. The second-order valence-corrected chi connectivity index (χ2v) is 7.09. The van der Waals surface area contributed by atoms with Crippen LogP contribution in [-0.2, 0) is 0 Å². The van der Waals surface area contributed by atoms with Crippen molar-refractivity contribution in [3.63, 3.8) is 0 Å². The average molecular weight is 371 g/mol. The highest BCUT2D eigenvalue weighted by atomic mass is 16.6. The molecule has 0 spiro atoms. The highest BCUT2D eigenvalue weighted by Crippen LogP contribution is 2.36. The molecule has 0 aliphatic carbocycles. The molecule has 0 saturated carbocycles. The van der Waals surface area contributed by atoms with Gasteiger partial charge in [0.05, 0.1) is 0 Å². The number of ether oxygens (including phenoxy) is 2. The summed E-state index contributed by atoms with van der Waals surface area (Å²) in [5, 5.41) is 3.54. The topological polar surface area (TPSA) is 47.8 Å². The lowest BCUT2D eigenvalue weighted by Crippen LogP contribution is -2.15. The van der Waals surface area contributed by atoms with Gasteiger partial charge < -0.3 is 14.8 Å². The van der Waals surface area contributed by atoms with Crippen LogP contribution in [0, 0.1) is 13.8 Å². The number of hydrogen-bond acceptors (Lipinski definition) is 4. The van der Waals surface area contributed by atoms with Crippen LogP contribution in [0.4, 0.5) is 11.5 Å². The lowest BCUT2D eigenvalue weighted by molar-refractivity contribution is 0.171. The number of imidazole rings is 1. The van der Waals surface area contributed by atoms with Crippen molar-refractivity contribution in [3.8, 4) is 22.8 Å². The van der Waals surface area contributed by atoms with E-state index in [-0.39, 0.29) is 0 Å². The van der Waals surface area contributed by atoms with E-state index in [4.69, 9.17) is 14.5 Å². The van der Waals surface area contributed by atoms with Crippen molar-refractivity contribution in [2.75, 3.05) is 18.5 Å². The lowest BCUT2D eigenvalue weighted by Gasteiger charge is -2.19. The van der Waals surface area contributed by atoms with Gasteiger partial charge in [-0.1, -0.05) is 29.8 Å². The molecule has 0 radical (unpaired) electrons. The molecule has 5 heteroatoms. The normalized spacial score (nSPS) is 12.9. The maximum Gasteiger partial charge on any atom is 0.163 e. The summed E-state index contributed by atoms with van der Waals surface area (Å²) in [5.41, 5.74) is 6.24. The first-order chi connectivity index (χ1) is 13.7. The quantitative estimate of drug-likeness (QED) is 0.542. The zero-order valence-electron chi connectivity index (χ0n) is 15.9. The number of fused-ring (bicyclic) bond motifs is 2. The van der Waals surface area contributed by atoms with Gasteiger partial charge >= 0.3 is 0 Å². The van der Waals surface area contributed by atoms with Gasteiger partial charge in [-0.3, -0.25) is 4.40 Å². The molecule has 3 heterocycles. The SMILES string of the molecule is Cc1ccc(-c2nc3cc(C)ccn3c2Nc2ccc3c(c2)OCCO3)cc1. The molecule has 1 aliphatic rings. The minimum absolute atomic E-state index is 0.569. The maximum atomic E-state index is 5.73. The first-order valence-corrected chi connectivity index (χ1v) is 9.40. The summed E-state index contributed by atoms with van der Waals surface area (Å²) in [6.45, 7) is 5.32. The molecule has 2 aromatic carbocycles. The Kier molecular flexibility index (Phi) is 3.93. The van der Waals surface area contributed by atoms with Gasteiger partial charge in [-0.15, -0.1) is 0 Å². The smallest absolute Gasteiger partial charge is 0.163 e. The summed E-state index contributed by atoms with van der Waals surface area (Å²) in [6, 6.07) is 18.5. The second-order valence-electron chi connectivity index (χ2n) is 7.09. The van der Waals surface area contributed by atoms with Crippen LogP contribution in [0.1, 0.15) is 11.1 Å². The summed E-state index contributed by atoms with van der Waals surface area (Å²) in [6.07, 6.45) is 2.05. The second kappa shape index (κ2) is 6.60. The van der Waals surface area contributed by atoms with Crippen molar-refractivity contribution in [2.45, 2.75) is 13.8 Å².